The first-order valence-electron chi connectivity index (χ1n) is 5.41. The Labute approximate surface area is 131 Å². The van der Waals surface area contributed by atoms with E-state index in [9.17, 15) is 8.42 Å². The summed E-state index contributed by atoms with van der Waals surface area (Å²) >= 11 is 17.7. The second-order valence-electron chi connectivity index (χ2n) is 4.00. The van der Waals surface area contributed by atoms with Crippen LogP contribution in [-0.4, -0.2) is 29.7 Å². The highest BCUT2D eigenvalue weighted by Gasteiger charge is 2.27. The van der Waals surface area contributed by atoms with Crippen LogP contribution in [0.25, 0.3) is 0 Å². The lowest BCUT2D eigenvalue weighted by molar-refractivity contribution is 0.458. The number of hydrogen-bond donors (Lipinski definition) is 1. The number of benzene rings is 1. The van der Waals surface area contributed by atoms with E-state index < -0.39 is 10.0 Å². The third-order valence-corrected chi connectivity index (χ3v) is 5.50. The molecule has 108 valence electrons. The summed E-state index contributed by atoms with van der Waals surface area (Å²) in [7, 11) is -2.43. The number of aromatic amines is 1. The minimum atomic E-state index is -3.84. The highest BCUT2D eigenvalue weighted by atomic mass is 35.5. The average molecular weight is 355 g/mol. The Hall–Kier alpha value is -0.790. The van der Waals surface area contributed by atoms with Crippen LogP contribution in [0.1, 0.15) is 5.82 Å². The number of sulfonamides is 1. The van der Waals surface area contributed by atoms with Crippen molar-refractivity contribution in [1.82, 2.24) is 14.3 Å². The Morgan fingerprint density at radius 3 is 2.35 bits per heavy atom. The molecule has 1 N–H and O–H groups in total. The smallest absolute Gasteiger partial charge is 0.246 e. The predicted octanol–water partition coefficient (Wildman–Crippen LogP) is 3.19. The van der Waals surface area contributed by atoms with Crippen molar-refractivity contribution in [1.29, 1.82) is 0 Å². The van der Waals surface area contributed by atoms with E-state index in [0.717, 1.165) is 4.31 Å². The van der Waals surface area contributed by atoms with Crippen LogP contribution in [-0.2, 0) is 16.6 Å². The summed E-state index contributed by atoms with van der Waals surface area (Å²) in [5, 5.41) is 0.232. The Bertz CT molecular complexity index is 694. The molecule has 0 radical (unpaired) electrons. The molecule has 0 fully saturated rings. The van der Waals surface area contributed by atoms with E-state index >= 15 is 0 Å². The highest BCUT2D eigenvalue weighted by Crippen LogP contribution is 2.34. The van der Waals surface area contributed by atoms with E-state index in [0.29, 0.717) is 5.82 Å². The van der Waals surface area contributed by atoms with Crippen LogP contribution >= 0.6 is 34.8 Å². The summed E-state index contributed by atoms with van der Waals surface area (Å²) < 4.78 is 26.1. The lowest BCUT2D eigenvalue weighted by atomic mass is 10.4. The zero-order chi connectivity index (χ0) is 14.9. The molecule has 0 aliphatic heterocycles. The van der Waals surface area contributed by atoms with Gasteiger partial charge in [0.15, 0.2) is 0 Å². The van der Waals surface area contributed by atoms with E-state index in [4.69, 9.17) is 34.8 Å². The summed E-state index contributed by atoms with van der Waals surface area (Å²) in [6.07, 6.45) is 3.15. The lowest BCUT2D eigenvalue weighted by Crippen LogP contribution is -2.27. The molecule has 0 spiro atoms. The van der Waals surface area contributed by atoms with E-state index in [1.54, 1.807) is 6.20 Å². The maximum Gasteiger partial charge on any atom is 0.246 e. The summed E-state index contributed by atoms with van der Waals surface area (Å²) in [5.41, 5.74) is 0. The van der Waals surface area contributed by atoms with Crippen molar-refractivity contribution >= 4 is 44.8 Å². The average Bonchev–Trinajstić information content (AvgIpc) is 2.79. The van der Waals surface area contributed by atoms with Crippen molar-refractivity contribution in [2.75, 3.05) is 7.05 Å². The molecule has 0 amide bonds. The first-order valence-corrected chi connectivity index (χ1v) is 7.99. The minimum absolute atomic E-state index is 0.0196. The van der Waals surface area contributed by atoms with Crippen LogP contribution in [0.2, 0.25) is 15.1 Å². The number of nitrogens with one attached hydrogen (secondary N) is 1. The Balaban J connectivity index is 2.40. The Kier molecular flexibility index (Phi) is 4.61. The minimum Gasteiger partial charge on any atom is -0.347 e. The first-order chi connectivity index (χ1) is 9.32. The SMILES string of the molecule is CN(Cc1ncc[nH]1)S(=O)(=O)c1c(Cl)cc(Cl)cc1Cl. The summed E-state index contributed by atoms with van der Waals surface area (Å²) in [4.78, 5) is 6.63. The van der Waals surface area contributed by atoms with Crippen molar-refractivity contribution in [2.45, 2.75) is 11.4 Å². The van der Waals surface area contributed by atoms with E-state index in [2.05, 4.69) is 9.97 Å². The number of hydrogen-bond acceptors (Lipinski definition) is 3. The van der Waals surface area contributed by atoms with Crippen LogP contribution in [0, 0.1) is 0 Å². The molecule has 0 saturated carbocycles. The van der Waals surface area contributed by atoms with Gasteiger partial charge in [-0.3, -0.25) is 0 Å². The zero-order valence-corrected chi connectivity index (χ0v) is 13.4. The van der Waals surface area contributed by atoms with Crippen LogP contribution < -0.4 is 0 Å². The van der Waals surface area contributed by atoms with Gasteiger partial charge in [-0.25, -0.2) is 13.4 Å². The van der Waals surface area contributed by atoms with Gasteiger partial charge in [0.05, 0.1) is 16.6 Å². The molecule has 20 heavy (non-hydrogen) atoms. The first kappa shape index (κ1) is 15.6. The largest absolute Gasteiger partial charge is 0.347 e. The summed E-state index contributed by atoms with van der Waals surface area (Å²) in [6.45, 7) is 0.0740. The second kappa shape index (κ2) is 5.91. The number of imidazole rings is 1. The zero-order valence-electron chi connectivity index (χ0n) is 10.3. The third-order valence-electron chi connectivity index (χ3n) is 2.56. The fourth-order valence-electron chi connectivity index (χ4n) is 1.61. The van der Waals surface area contributed by atoms with Crippen molar-refractivity contribution in [3.05, 3.63) is 45.4 Å². The van der Waals surface area contributed by atoms with Gasteiger partial charge in [-0.1, -0.05) is 34.8 Å². The van der Waals surface area contributed by atoms with Gasteiger partial charge in [0.25, 0.3) is 0 Å². The number of halogens is 3. The molecule has 2 rings (SSSR count). The van der Waals surface area contributed by atoms with Crippen LogP contribution in [0.15, 0.2) is 29.4 Å². The molecule has 9 heteroatoms. The van der Waals surface area contributed by atoms with Gasteiger partial charge in [-0.2, -0.15) is 4.31 Å². The number of aromatic nitrogens is 2. The fraction of sp³-hybridized carbons (Fsp3) is 0.182. The maximum absolute atomic E-state index is 12.5. The molecular weight excluding hydrogens is 345 g/mol. The topological polar surface area (TPSA) is 66.1 Å². The molecule has 1 aromatic heterocycles. The standard InChI is InChI=1S/C11H10Cl3N3O2S/c1-17(6-10-15-2-3-16-10)20(18,19)11-8(13)4-7(12)5-9(11)14/h2-5H,6H2,1H3,(H,15,16). The molecule has 0 unspecified atom stereocenters. The van der Waals surface area contributed by atoms with Crippen LogP contribution in [0.4, 0.5) is 0 Å². The Morgan fingerprint density at radius 1 is 1.25 bits per heavy atom. The molecule has 2 aromatic rings. The van der Waals surface area contributed by atoms with Crippen LogP contribution in [0.5, 0.6) is 0 Å². The van der Waals surface area contributed by atoms with E-state index in [-0.39, 0.29) is 26.5 Å². The lowest BCUT2D eigenvalue weighted by Gasteiger charge is -2.18. The van der Waals surface area contributed by atoms with Crippen molar-refractivity contribution in [2.24, 2.45) is 0 Å². The van der Waals surface area contributed by atoms with Gasteiger partial charge >= 0.3 is 0 Å². The molecule has 1 heterocycles. The third kappa shape index (κ3) is 3.10. The van der Waals surface area contributed by atoms with Gasteiger partial charge in [0, 0.05) is 24.5 Å². The molecule has 5 nitrogen and oxygen atoms in total. The fourth-order valence-corrected chi connectivity index (χ4v) is 4.23. The van der Waals surface area contributed by atoms with Gasteiger partial charge in [-0.15, -0.1) is 0 Å². The second-order valence-corrected chi connectivity index (χ2v) is 7.23. The van der Waals surface area contributed by atoms with E-state index in [1.807, 2.05) is 0 Å². The number of nitrogens with zero attached hydrogens (tertiary/aromatic N) is 2. The molecule has 0 aliphatic rings. The van der Waals surface area contributed by atoms with Crippen molar-refractivity contribution in [3.8, 4) is 0 Å². The molecule has 1 aromatic carbocycles. The van der Waals surface area contributed by atoms with Crippen molar-refractivity contribution in [3.63, 3.8) is 0 Å². The quantitative estimate of drug-likeness (QED) is 0.917. The highest BCUT2D eigenvalue weighted by molar-refractivity contribution is 7.89. The molecule has 0 bridgehead atoms. The van der Waals surface area contributed by atoms with Gasteiger partial charge in [-0.05, 0) is 12.1 Å². The van der Waals surface area contributed by atoms with Gasteiger partial charge in [0.1, 0.15) is 10.7 Å². The molecule has 0 aliphatic carbocycles. The summed E-state index contributed by atoms with van der Waals surface area (Å²) in [6, 6.07) is 2.67. The van der Waals surface area contributed by atoms with Crippen molar-refractivity contribution < 1.29 is 8.42 Å². The summed E-state index contributed by atoms with van der Waals surface area (Å²) in [5.74, 6) is 0.511. The number of H-pyrrole nitrogens is 1. The molecular formula is C11H10Cl3N3O2S. The Morgan fingerprint density at radius 2 is 1.85 bits per heavy atom. The molecule has 0 saturated heterocycles. The molecule has 0 atom stereocenters. The maximum atomic E-state index is 12.5. The normalized spacial score (nSPS) is 12.1. The predicted molar refractivity (Wildman–Crippen MR) is 78.7 cm³/mol. The van der Waals surface area contributed by atoms with E-state index in [1.165, 1.54) is 25.4 Å². The van der Waals surface area contributed by atoms with Gasteiger partial charge in [0.2, 0.25) is 10.0 Å². The monoisotopic (exact) mass is 353 g/mol. The van der Waals surface area contributed by atoms with Gasteiger partial charge < -0.3 is 4.98 Å². The van der Waals surface area contributed by atoms with Crippen LogP contribution in [0.3, 0.4) is 0 Å². The number of rotatable bonds is 4.